The molecule has 0 saturated carbocycles. The molecule has 0 aromatic heterocycles. The maximum Gasteiger partial charge on any atom is 0.240 e. The van der Waals surface area contributed by atoms with Gasteiger partial charge in [0.1, 0.15) is 0 Å². The number of rotatable bonds is 4. The molecule has 1 amide bonds. The summed E-state index contributed by atoms with van der Waals surface area (Å²) in [6.45, 7) is 4.93. The molecule has 2 aliphatic rings. The molecule has 2 aromatic rings. The molecule has 1 atom stereocenters. The third-order valence-electron chi connectivity index (χ3n) is 5.16. The molecule has 2 heterocycles. The van der Waals surface area contributed by atoms with E-state index in [1.54, 1.807) is 0 Å². The number of carbonyl (C=O) groups is 1. The molecule has 1 fully saturated rings. The van der Waals surface area contributed by atoms with E-state index in [2.05, 4.69) is 62.8 Å². The summed E-state index contributed by atoms with van der Waals surface area (Å²) in [5.41, 5.74) is 6.03. The van der Waals surface area contributed by atoms with Crippen molar-refractivity contribution in [3.05, 3.63) is 66.2 Å². The first kappa shape index (κ1) is 16.8. The lowest BCUT2D eigenvalue weighted by molar-refractivity contribution is -0.122. The van der Waals surface area contributed by atoms with Crippen LogP contribution < -0.4 is 10.3 Å². The Morgan fingerprint density at radius 2 is 1.58 bits per heavy atom. The molecule has 1 N–H and O–H groups in total. The fourth-order valence-electron chi connectivity index (χ4n) is 3.78. The number of para-hydroxylation sites is 1. The van der Waals surface area contributed by atoms with Crippen LogP contribution in [0.3, 0.4) is 0 Å². The first-order chi connectivity index (χ1) is 12.8. The normalized spacial score (nSPS) is 21.2. The fourth-order valence-corrected chi connectivity index (χ4v) is 3.78. The van der Waals surface area contributed by atoms with Gasteiger partial charge in [-0.05, 0) is 17.7 Å². The number of anilines is 1. The molecule has 5 nitrogen and oxygen atoms in total. The molecule has 4 rings (SSSR count). The van der Waals surface area contributed by atoms with Crippen LogP contribution in [0, 0.1) is 5.92 Å². The number of nitrogens with one attached hydrogen (secondary N) is 1. The van der Waals surface area contributed by atoms with Gasteiger partial charge in [-0.15, -0.1) is 0 Å². The summed E-state index contributed by atoms with van der Waals surface area (Å²) in [6, 6.07) is 20.7. The summed E-state index contributed by atoms with van der Waals surface area (Å²) >= 11 is 0. The molecule has 5 heteroatoms. The van der Waals surface area contributed by atoms with Gasteiger partial charge in [-0.2, -0.15) is 5.10 Å². The molecule has 2 aromatic carbocycles. The van der Waals surface area contributed by atoms with Gasteiger partial charge >= 0.3 is 0 Å². The Balaban J connectivity index is 1.41. The van der Waals surface area contributed by atoms with E-state index in [0.717, 1.165) is 44.0 Å². The van der Waals surface area contributed by atoms with Gasteiger partial charge in [0.2, 0.25) is 5.91 Å². The second-order valence-electron chi connectivity index (χ2n) is 6.92. The molecule has 0 aliphatic carbocycles. The van der Waals surface area contributed by atoms with Crippen molar-refractivity contribution in [1.29, 1.82) is 0 Å². The Bertz CT molecular complexity index is 767. The molecule has 1 unspecified atom stereocenters. The Morgan fingerprint density at radius 3 is 2.27 bits per heavy atom. The monoisotopic (exact) mass is 348 g/mol. The number of hydrazone groups is 1. The van der Waals surface area contributed by atoms with Crippen LogP contribution in [0.4, 0.5) is 5.69 Å². The second-order valence-corrected chi connectivity index (χ2v) is 6.92. The highest BCUT2D eigenvalue weighted by Crippen LogP contribution is 2.21. The Morgan fingerprint density at radius 1 is 0.923 bits per heavy atom. The molecular weight excluding hydrogens is 324 g/mol. The van der Waals surface area contributed by atoms with E-state index in [4.69, 9.17) is 0 Å². The quantitative estimate of drug-likeness (QED) is 0.923. The number of hydrogen-bond donors (Lipinski definition) is 1. The van der Waals surface area contributed by atoms with E-state index >= 15 is 0 Å². The van der Waals surface area contributed by atoms with Gasteiger partial charge < -0.3 is 4.90 Å². The largest absolute Gasteiger partial charge is 0.369 e. The first-order valence-corrected chi connectivity index (χ1v) is 9.24. The van der Waals surface area contributed by atoms with Gasteiger partial charge in [-0.3, -0.25) is 9.69 Å². The summed E-state index contributed by atoms with van der Waals surface area (Å²) < 4.78 is 0. The molecule has 0 spiro atoms. The van der Waals surface area contributed by atoms with Gasteiger partial charge in [0.15, 0.2) is 0 Å². The predicted molar refractivity (Wildman–Crippen MR) is 104 cm³/mol. The van der Waals surface area contributed by atoms with Crippen molar-refractivity contribution >= 4 is 17.3 Å². The second kappa shape index (κ2) is 7.70. The molecule has 1 saturated heterocycles. The summed E-state index contributed by atoms with van der Waals surface area (Å²) in [7, 11) is 0. The van der Waals surface area contributed by atoms with E-state index < -0.39 is 0 Å². The lowest BCUT2D eigenvalue weighted by Gasteiger charge is -2.38. The maximum absolute atomic E-state index is 11.9. The number of benzene rings is 2. The van der Waals surface area contributed by atoms with Crippen LogP contribution in [0.2, 0.25) is 0 Å². The van der Waals surface area contributed by atoms with E-state index in [1.807, 2.05) is 18.2 Å². The van der Waals surface area contributed by atoms with Crippen LogP contribution in [0.15, 0.2) is 65.8 Å². The standard InChI is InChI=1S/C21H24N4O/c26-20-15-18(21(23-22-20)17-7-3-1-4-8-17)16-24-11-13-25(14-12-24)19-9-5-2-6-10-19/h1-10,18H,11-16H2,(H,22,26). The zero-order chi connectivity index (χ0) is 17.8. The Hall–Kier alpha value is -2.66. The lowest BCUT2D eigenvalue weighted by Crippen LogP contribution is -2.49. The van der Waals surface area contributed by atoms with Crippen molar-refractivity contribution in [3.63, 3.8) is 0 Å². The predicted octanol–water partition coefficient (Wildman–Crippen LogP) is 2.35. The zero-order valence-corrected chi connectivity index (χ0v) is 14.8. The van der Waals surface area contributed by atoms with Crippen molar-refractivity contribution in [2.45, 2.75) is 6.42 Å². The Labute approximate surface area is 154 Å². The first-order valence-electron chi connectivity index (χ1n) is 9.24. The fraction of sp³-hybridized carbons (Fsp3) is 0.333. The van der Waals surface area contributed by atoms with Gasteiger partial charge in [-0.25, -0.2) is 5.43 Å². The number of hydrogen-bond acceptors (Lipinski definition) is 4. The zero-order valence-electron chi connectivity index (χ0n) is 14.8. The van der Waals surface area contributed by atoms with Gasteiger partial charge in [0.05, 0.1) is 5.71 Å². The minimum absolute atomic E-state index is 0.0117. The van der Waals surface area contributed by atoms with E-state index in [-0.39, 0.29) is 11.8 Å². The van der Waals surface area contributed by atoms with Gasteiger partial charge in [0.25, 0.3) is 0 Å². The van der Waals surface area contributed by atoms with E-state index in [0.29, 0.717) is 6.42 Å². The van der Waals surface area contributed by atoms with Crippen molar-refractivity contribution < 1.29 is 4.79 Å². The van der Waals surface area contributed by atoms with Crippen LogP contribution in [-0.2, 0) is 4.79 Å². The highest BCUT2D eigenvalue weighted by Gasteiger charge is 2.28. The number of nitrogens with zero attached hydrogens (tertiary/aromatic N) is 3. The number of amides is 1. The van der Waals surface area contributed by atoms with E-state index in [9.17, 15) is 4.79 Å². The van der Waals surface area contributed by atoms with Crippen LogP contribution in [0.5, 0.6) is 0 Å². The molecule has 26 heavy (non-hydrogen) atoms. The summed E-state index contributed by atoms with van der Waals surface area (Å²) in [5.74, 6) is 0.159. The SMILES string of the molecule is O=C1CC(CN2CCN(c3ccccc3)CC2)C(c2ccccc2)=NN1. The minimum Gasteiger partial charge on any atom is -0.369 e. The van der Waals surface area contributed by atoms with Crippen LogP contribution in [-0.4, -0.2) is 49.2 Å². The molecule has 134 valence electrons. The summed E-state index contributed by atoms with van der Waals surface area (Å²) in [6.07, 6.45) is 0.507. The van der Waals surface area contributed by atoms with Crippen LogP contribution >= 0.6 is 0 Å². The van der Waals surface area contributed by atoms with Crippen molar-refractivity contribution in [2.24, 2.45) is 11.0 Å². The highest BCUT2D eigenvalue weighted by atomic mass is 16.2. The third kappa shape index (κ3) is 3.78. The van der Waals surface area contributed by atoms with Crippen molar-refractivity contribution in [2.75, 3.05) is 37.6 Å². The third-order valence-corrected chi connectivity index (χ3v) is 5.16. The Kier molecular flexibility index (Phi) is 4.97. The number of carbonyl (C=O) groups excluding carboxylic acids is 1. The van der Waals surface area contributed by atoms with Crippen molar-refractivity contribution in [1.82, 2.24) is 10.3 Å². The topological polar surface area (TPSA) is 47.9 Å². The molecule has 0 radical (unpaired) electrons. The molecule has 0 bridgehead atoms. The van der Waals surface area contributed by atoms with E-state index in [1.165, 1.54) is 5.69 Å². The lowest BCUT2D eigenvalue weighted by atomic mass is 9.91. The molecule has 2 aliphatic heterocycles. The summed E-state index contributed by atoms with van der Waals surface area (Å²) in [4.78, 5) is 16.8. The van der Waals surface area contributed by atoms with Gasteiger partial charge in [0, 0.05) is 50.7 Å². The number of piperazine rings is 1. The average molecular weight is 348 g/mol. The minimum atomic E-state index is 0.0117. The van der Waals surface area contributed by atoms with Crippen LogP contribution in [0.1, 0.15) is 12.0 Å². The smallest absolute Gasteiger partial charge is 0.240 e. The maximum atomic E-state index is 11.9. The molecular formula is C21H24N4O. The van der Waals surface area contributed by atoms with Gasteiger partial charge in [-0.1, -0.05) is 48.5 Å². The summed E-state index contributed by atoms with van der Waals surface area (Å²) in [5, 5.41) is 4.37. The average Bonchev–Trinajstić information content (AvgIpc) is 2.70. The highest BCUT2D eigenvalue weighted by molar-refractivity contribution is 6.06. The van der Waals surface area contributed by atoms with Crippen molar-refractivity contribution in [3.8, 4) is 0 Å². The van der Waals surface area contributed by atoms with Crippen LogP contribution in [0.25, 0.3) is 0 Å².